The molecule has 0 radical (unpaired) electrons. The van der Waals surface area contributed by atoms with E-state index in [1.807, 2.05) is 0 Å². The van der Waals surface area contributed by atoms with E-state index in [1.165, 1.54) is 24.0 Å². The second-order valence-corrected chi connectivity index (χ2v) is 5.10. The number of halogens is 1. The number of fused-ring (bicyclic) bond motifs is 1. The Labute approximate surface area is 103 Å². The van der Waals surface area contributed by atoms with Gasteiger partial charge in [0.15, 0.2) is 0 Å². The van der Waals surface area contributed by atoms with Crippen molar-refractivity contribution in [2.24, 2.45) is 5.92 Å². The molecule has 0 fully saturated rings. The van der Waals surface area contributed by atoms with Crippen molar-refractivity contribution in [3.63, 3.8) is 0 Å². The molecule has 1 aliphatic rings. The number of rotatable bonds is 4. The van der Waals surface area contributed by atoms with Gasteiger partial charge in [0.1, 0.15) is 5.75 Å². The summed E-state index contributed by atoms with van der Waals surface area (Å²) in [7, 11) is 0. The molecule has 1 aromatic rings. The van der Waals surface area contributed by atoms with E-state index in [4.69, 9.17) is 16.3 Å². The van der Waals surface area contributed by atoms with E-state index in [1.54, 1.807) is 0 Å². The summed E-state index contributed by atoms with van der Waals surface area (Å²) in [6, 6.07) is 6.38. The van der Waals surface area contributed by atoms with Gasteiger partial charge in [0.2, 0.25) is 0 Å². The van der Waals surface area contributed by atoms with Gasteiger partial charge in [-0.05, 0) is 29.5 Å². The van der Waals surface area contributed by atoms with E-state index in [0.717, 1.165) is 18.8 Å². The molecule has 0 spiro atoms. The first-order valence-corrected chi connectivity index (χ1v) is 6.55. The molecule has 1 aliphatic heterocycles. The van der Waals surface area contributed by atoms with Crippen molar-refractivity contribution in [1.82, 2.24) is 0 Å². The van der Waals surface area contributed by atoms with Crippen LogP contribution >= 0.6 is 11.6 Å². The molecule has 2 unspecified atom stereocenters. The molecule has 0 aromatic heterocycles. The van der Waals surface area contributed by atoms with Crippen LogP contribution < -0.4 is 4.74 Å². The minimum atomic E-state index is 0.130. The summed E-state index contributed by atoms with van der Waals surface area (Å²) >= 11 is 6.50. The van der Waals surface area contributed by atoms with Gasteiger partial charge < -0.3 is 4.74 Å². The molecule has 0 saturated heterocycles. The van der Waals surface area contributed by atoms with E-state index in [0.29, 0.717) is 5.92 Å². The van der Waals surface area contributed by atoms with Crippen LogP contribution in [0.5, 0.6) is 5.75 Å². The molecule has 0 N–H and O–H groups in total. The van der Waals surface area contributed by atoms with Crippen LogP contribution in [0.1, 0.15) is 43.2 Å². The van der Waals surface area contributed by atoms with Gasteiger partial charge in [-0.15, -0.1) is 11.6 Å². The predicted molar refractivity (Wildman–Crippen MR) is 68.3 cm³/mol. The van der Waals surface area contributed by atoms with Crippen molar-refractivity contribution < 1.29 is 4.74 Å². The van der Waals surface area contributed by atoms with Crippen LogP contribution in [-0.4, -0.2) is 6.61 Å². The standard InChI is InChI=1S/C14H19ClO/c1-3-4-10(2)14(15)12-5-6-13-11(9-12)7-8-16-13/h5-6,9-10,14H,3-4,7-8H2,1-2H3. The molecule has 2 atom stereocenters. The first-order chi connectivity index (χ1) is 7.72. The Kier molecular flexibility index (Phi) is 3.75. The maximum Gasteiger partial charge on any atom is 0.122 e. The fourth-order valence-electron chi connectivity index (χ4n) is 2.31. The van der Waals surface area contributed by atoms with Crippen LogP contribution in [0.2, 0.25) is 0 Å². The minimum absolute atomic E-state index is 0.130. The van der Waals surface area contributed by atoms with Crippen LogP contribution in [0.15, 0.2) is 18.2 Å². The molecule has 2 heteroatoms. The lowest BCUT2D eigenvalue weighted by atomic mass is 9.95. The van der Waals surface area contributed by atoms with Gasteiger partial charge in [-0.3, -0.25) is 0 Å². The summed E-state index contributed by atoms with van der Waals surface area (Å²) in [5.74, 6) is 1.57. The smallest absolute Gasteiger partial charge is 0.122 e. The van der Waals surface area contributed by atoms with Crippen molar-refractivity contribution in [2.45, 2.75) is 38.5 Å². The summed E-state index contributed by atoms with van der Waals surface area (Å²) in [5, 5.41) is 0.130. The Hall–Kier alpha value is -0.690. The Balaban J connectivity index is 2.14. The molecule has 1 nitrogen and oxygen atoms in total. The van der Waals surface area contributed by atoms with Crippen molar-refractivity contribution in [3.8, 4) is 5.75 Å². The quantitative estimate of drug-likeness (QED) is 0.710. The van der Waals surface area contributed by atoms with Crippen molar-refractivity contribution in [1.29, 1.82) is 0 Å². The average Bonchev–Trinajstić information content (AvgIpc) is 2.75. The van der Waals surface area contributed by atoms with E-state index >= 15 is 0 Å². The summed E-state index contributed by atoms with van der Waals surface area (Å²) in [6.07, 6.45) is 3.40. The number of hydrogen-bond acceptors (Lipinski definition) is 1. The lowest BCUT2D eigenvalue weighted by Crippen LogP contribution is -2.03. The Morgan fingerprint density at radius 2 is 2.25 bits per heavy atom. The highest BCUT2D eigenvalue weighted by molar-refractivity contribution is 6.21. The fraction of sp³-hybridized carbons (Fsp3) is 0.571. The third kappa shape index (κ3) is 2.35. The zero-order chi connectivity index (χ0) is 11.5. The Morgan fingerprint density at radius 1 is 1.44 bits per heavy atom. The molecule has 1 heterocycles. The lowest BCUT2D eigenvalue weighted by molar-refractivity contribution is 0.356. The number of benzene rings is 1. The molecule has 0 saturated carbocycles. The number of ether oxygens (including phenoxy) is 1. The van der Waals surface area contributed by atoms with Gasteiger partial charge in [0.25, 0.3) is 0 Å². The largest absolute Gasteiger partial charge is 0.493 e. The van der Waals surface area contributed by atoms with Crippen LogP contribution in [0.25, 0.3) is 0 Å². The molecule has 0 bridgehead atoms. The summed E-state index contributed by atoms with van der Waals surface area (Å²) < 4.78 is 5.50. The molecule has 0 aliphatic carbocycles. The molecule has 88 valence electrons. The fourth-order valence-corrected chi connectivity index (χ4v) is 2.57. The SMILES string of the molecule is CCCC(C)C(Cl)c1ccc2c(c1)CCO2. The summed E-state index contributed by atoms with van der Waals surface area (Å²) in [4.78, 5) is 0. The van der Waals surface area contributed by atoms with Crippen molar-refractivity contribution in [2.75, 3.05) is 6.61 Å². The highest BCUT2D eigenvalue weighted by atomic mass is 35.5. The van der Waals surface area contributed by atoms with Gasteiger partial charge >= 0.3 is 0 Å². The predicted octanol–water partition coefficient (Wildman–Crippen LogP) is 4.34. The topological polar surface area (TPSA) is 9.23 Å². The normalized spacial score (nSPS) is 17.7. The zero-order valence-corrected chi connectivity index (χ0v) is 10.8. The molecular weight excluding hydrogens is 220 g/mol. The molecule has 0 amide bonds. The van der Waals surface area contributed by atoms with E-state index in [-0.39, 0.29) is 5.38 Å². The van der Waals surface area contributed by atoms with Crippen molar-refractivity contribution >= 4 is 11.6 Å². The molecule has 16 heavy (non-hydrogen) atoms. The Bertz CT molecular complexity index is 362. The average molecular weight is 239 g/mol. The molecular formula is C14H19ClO. The van der Waals surface area contributed by atoms with Crippen LogP contribution in [0.3, 0.4) is 0 Å². The third-order valence-electron chi connectivity index (χ3n) is 3.28. The number of hydrogen-bond donors (Lipinski definition) is 0. The minimum Gasteiger partial charge on any atom is -0.493 e. The highest BCUT2D eigenvalue weighted by Crippen LogP contribution is 2.35. The summed E-state index contributed by atoms with van der Waals surface area (Å²) in [6.45, 7) is 5.25. The second kappa shape index (κ2) is 5.09. The highest BCUT2D eigenvalue weighted by Gasteiger charge is 2.19. The number of alkyl halides is 1. The molecule has 2 rings (SSSR count). The van der Waals surface area contributed by atoms with Gasteiger partial charge in [0, 0.05) is 6.42 Å². The first-order valence-electron chi connectivity index (χ1n) is 6.12. The van der Waals surface area contributed by atoms with Gasteiger partial charge in [-0.25, -0.2) is 0 Å². The summed E-state index contributed by atoms with van der Waals surface area (Å²) in [5.41, 5.74) is 2.55. The van der Waals surface area contributed by atoms with Gasteiger partial charge in [-0.2, -0.15) is 0 Å². The molecule has 1 aromatic carbocycles. The van der Waals surface area contributed by atoms with E-state index in [2.05, 4.69) is 32.0 Å². The van der Waals surface area contributed by atoms with E-state index in [9.17, 15) is 0 Å². The van der Waals surface area contributed by atoms with Crippen LogP contribution in [0, 0.1) is 5.92 Å². The zero-order valence-electron chi connectivity index (χ0n) is 10.0. The van der Waals surface area contributed by atoms with Crippen molar-refractivity contribution in [3.05, 3.63) is 29.3 Å². The van der Waals surface area contributed by atoms with E-state index < -0.39 is 0 Å². The third-order valence-corrected chi connectivity index (χ3v) is 3.96. The first kappa shape index (κ1) is 11.8. The lowest BCUT2D eigenvalue weighted by Gasteiger charge is -2.18. The van der Waals surface area contributed by atoms with Crippen LogP contribution in [-0.2, 0) is 6.42 Å². The van der Waals surface area contributed by atoms with Crippen LogP contribution in [0.4, 0.5) is 0 Å². The monoisotopic (exact) mass is 238 g/mol. The van der Waals surface area contributed by atoms with Gasteiger partial charge in [0.05, 0.1) is 12.0 Å². The second-order valence-electron chi connectivity index (χ2n) is 4.63. The maximum absolute atomic E-state index is 6.50. The van der Waals surface area contributed by atoms with Gasteiger partial charge in [-0.1, -0.05) is 32.4 Å². The maximum atomic E-state index is 6.50. The Morgan fingerprint density at radius 3 is 3.00 bits per heavy atom.